The van der Waals surface area contributed by atoms with Crippen molar-refractivity contribution in [1.82, 2.24) is 0 Å². The van der Waals surface area contributed by atoms with Crippen LogP contribution in [0.5, 0.6) is 0 Å². The molecule has 0 amide bonds. The minimum absolute atomic E-state index is 0.0405. The van der Waals surface area contributed by atoms with E-state index in [2.05, 4.69) is 9.78 Å². The fourth-order valence-corrected chi connectivity index (χ4v) is 1.37. The van der Waals surface area contributed by atoms with Crippen molar-refractivity contribution in [2.45, 2.75) is 11.7 Å². The van der Waals surface area contributed by atoms with Crippen molar-refractivity contribution in [2.75, 3.05) is 13.2 Å². The number of hydrogen-bond acceptors (Lipinski definition) is 4. The van der Waals surface area contributed by atoms with E-state index >= 15 is 0 Å². The van der Waals surface area contributed by atoms with Crippen LogP contribution in [-0.2, 0) is 19.8 Å². The molecule has 0 saturated carbocycles. The van der Waals surface area contributed by atoms with E-state index in [9.17, 15) is 8.42 Å². The number of rotatable bonds is 1. The van der Waals surface area contributed by atoms with Gasteiger partial charge in [-0.3, -0.25) is 0 Å². The number of nitrogens with two attached hydrogens (primary N) is 1. The molecule has 5 nitrogen and oxygen atoms in total. The largest absolute Gasteiger partial charge is 0.237 e. The van der Waals surface area contributed by atoms with E-state index in [1.165, 1.54) is 0 Å². The lowest BCUT2D eigenvalue weighted by atomic mass is 10.3. The third-order valence-electron chi connectivity index (χ3n) is 1.33. The predicted octanol–water partition coefficient (Wildman–Crippen LogP) is -1.00. The molecule has 1 atom stereocenters. The molecule has 6 heteroatoms. The fourth-order valence-electron chi connectivity index (χ4n) is 0.705. The highest BCUT2D eigenvalue weighted by Crippen LogP contribution is 2.08. The average Bonchev–Trinajstić information content (AvgIpc) is 1.88. The molecule has 0 aromatic heterocycles. The first kappa shape index (κ1) is 7.93. The first-order valence-electron chi connectivity index (χ1n) is 2.87. The lowest BCUT2D eigenvalue weighted by Crippen LogP contribution is -2.36. The maximum absolute atomic E-state index is 10.6. The minimum Gasteiger partial charge on any atom is -0.237 e. The van der Waals surface area contributed by atoms with Crippen molar-refractivity contribution < 1.29 is 18.2 Å². The smallest absolute Gasteiger partial charge is 0.214 e. The second-order valence-corrected chi connectivity index (χ2v) is 3.95. The number of primary sulfonamides is 1. The Morgan fingerprint density at radius 3 is 2.40 bits per heavy atom. The van der Waals surface area contributed by atoms with Gasteiger partial charge in [-0.2, -0.15) is 0 Å². The molecule has 1 aliphatic rings. The summed E-state index contributed by atoms with van der Waals surface area (Å²) in [4.78, 5) is 8.92. The van der Waals surface area contributed by atoms with Gasteiger partial charge in [0.15, 0.2) is 0 Å². The Morgan fingerprint density at radius 1 is 1.40 bits per heavy atom. The van der Waals surface area contributed by atoms with E-state index in [0.29, 0.717) is 13.0 Å². The molecule has 1 rings (SSSR count). The highest BCUT2D eigenvalue weighted by atomic mass is 32.2. The Morgan fingerprint density at radius 2 is 2.10 bits per heavy atom. The molecule has 0 aromatic carbocycles. The normalized spacial score (nSPS) is 28.3. The first-order chi connectivity index (χ1) is 4.61. The molecule has 1 unspecified atom stereocenters. The zero-order chi connectivity index (χ0) is 7.61. The van der Waals surface area contributed by atoms with Crippen molar-refractivity contribution in [3.05, 3.63) is 0 Å². The van der Waals surface area contributed by atoms with Gasteiger partial charge < -0.3 is 0 Å². The Hall–Kier alpha value is -0.170. The molecule has 0 spiro atoms. The second kappa shape index (κ2) is 2.83. The highest BCUT2D eigenvalue weighted by Gasteiger charge is 2.24. The molecule has 1 heterocycles. The predicted molar refractivity (Wildman–Crippen MR) is 33.4 cm³/mol. The monoisotopic (exact) mass is 167 g/mol. The van der Waals surface area contributed by atoms with E-state index in [-0.39, 0.29) is 6.61 Å². The molecule has 10 heavy (non-hydrogen) atoms. The van der Waals surface area contributed by atoms with Gasteiger partial charge in [-0.05, 0) is 6.42 Å². The van der Waals surface area contributed by atoms with Gasteiger partial charge in [0.05, 0.1) is 6.61 Å². The van der Waals surface area contributed by atoms with Gasteiger partial charge in [0.1, 0.15) is 11.9 Å². The van der Waals surface area contributed by atoms with Gasteiger partial charge >= 0.3 is 0 Å². The Kier molecular flexibility index (Phi) is 2.24. The van der Waals surface area contributed by atoms with Gasteiger partial charge in [0.25, 0.3) is 0 Å². The summed E-state index contributed by atoms with van der Waals surface area (Å²) in [5, 5.41) is 4.25. The van der Waals surface area contributed by atoms with Gasteiger partial charge in [-0.25, -0.2) is 23.3 Å². The van der Waals surface area contributed by atoms with Crippen molar-refractivity contribution in [3.8, 4) is 0 Å². The second-order valence-electron chi connectivity index (χ2n) is 2.11. The number of sulfonamides is 1. The maximum atomic E-state index is 10.6. The molecular weight excluding hydrogens is 158 g/mol. The average molecular weight is 167 g/mol. The van der Waals surface area contributed by atoms with Crippen LogP contribution in [0.4, 0.5) is 0 Å². The SMILES string of the molecule is NS(=O)(=O)C1CCOOC1. The van der Waals surface area contributed by atoms with Crippen LogP contribution in [0.1, 0.15) is 6.42 Å². The van der Waals surface area contributed by atoms with Crippen LogP contribution >= 0.6 is 0 Å². The maximum Gasteiger partial charge on any atom is 0.214 e. The molecule has 0 aromatic rings. The van der Waals surface area contributed by atoms with Gasteiger partial charge in [0.2, 0.25) is 10.0 Å². The van der Waals surface area contributed by atoms with Crippen LogP contribution in [0, 0.1) is 0 Å². The van der Waals surface area contributed by atoms with Gasteiger partial charge in [0, 0.05) is 0 Å². The lowest BCUT2D eigenvalue weighted by Gasteiger charge is -2.18. The van der Waals surface area contributed by atoms with Crippen LogP contribution in [0.2, 0.25) is 0 Å². The molecule has 1 aliphatic heterocycles. The zero-order valence-electron chi connectivity index (χ0n) is 5.32. The molecule has 2 N–H and O–H groups in total. The van der Waals surface area contributed by atoms with Gasteiger partial charge in [-0.15, -0.1) is 0 Å². The summed E-state index contributed by atoms with van der Waals surface area (Å²) in [6.45, 7) is 0.333. The molecular formula is C4H9NO4S. The third kappa shape index (κ3) is 1.91. The Bertz CT molecular complexity index is 193. The van der Waals surface area contributed by atoms with Crippen molar-refractivity contribution in [1.29, 1.82) is 0 Å². The van der Waals surface area contributed by atoms with Crippen molar-refractivity contribution in [2.24, 2.45) is 5.14 Å². The first-order valence-corrected chi connectivity index (χ1v) is 4.47. The van der Waals surface area contributed by atoms with Gasteiger partial charge in [-0.1, -0.05) is 0 Å². The quantitative estimate of drug-likeness (QED) is 0.508. The zero-order valence-corrected chi connectivity index (χ0v) is 6.13. The molecule has 1 fully saturated rings. The van der Waals surface area contributed by atoms with Crippen molar-refractivity contribution >= 4 is 10.0 Å². The summed E-state index contributed by atoms with van der Waals surface area (Å²) in [5.41, 5.74) is 0. The molecule has 0 bridgehead atoms. The highest BCUT2D eigenvalue weighted by molar-refractivity contribution is 7.89. The summed E-state index contributed by atoms with van der Waals surface area (Å²) in [7, 11) is -3.43. The van der Waals surface area contributed by atoms with E-state index < -0.39 is 15.3 Å². The molecule has 60 valence electrons. The minimum atomic E-state index is -3.43. The van der Waals surface area contributed by atoms with Crippen LogP contribution in [0.25, 0.3) is 0 Å². The third-order valence-corrected chi connectivity index (χ3v) is 2.63. The Labute approximate surface area is 59.1 Å². The van der Waals surface area contributed by atoms with Crippen LogP contribution in [-0.4, -0.2) is 26.9 Å². The van der Waals surface area contributed by atoms with E-state index in [1.54, 1.807) is 0 Å². The summed E-state index contributed by atoms with van der Waals surface area (Å²) in [5.74, 6) is 0. The van der Waals surface area contributed by atoms with Crippen LogP contribution in [0.15, 0.2) is 0 Å². The topological polar surface area (TPSA) is 78.6 Å². The molecule has 0 radical (unpaired) electrons. The van der Waals surface area contributed by atoms with Crippen LogP contribution in [0.3, 0.4) is 0 Å². The lowest BCUT2D eigenvalue weighted by molar-refractivity contribution is -0.311. The van der Waals surface area contributed by atoms with Crippen LogP contribution < -0.4 is 5.14 Å². The summed E-state index contributed by atoms with van der Waals surface area (Å²) in [6.07, 6.45) is 0.416. The van der Waals surface area contributed by atoms with Crippen molar-refractivity contribution in [3.63, 3.8) is 0 Å². The summed E-state index contributed by atoms with van der Waals surface area (Å²) in [6, 6.07) is 0. The molecule has 0 aliphatic carbocycles. The number of hydrogen-bond donors (Lipinski definition) is 1. The standard InChI is InChI=1S/C4H9NO4S/c5-10(6,7)4-1-2-8-9-3-4/h4H,1-3H2,(H2,5,6,7). The van der Waals surface area contributed by atoms with E-state index in [4.69, 9.17) is 5.14 Å². The summed E-state index contributed by atoms with van der Waals surface area (Å²) >= 11 is 0. The van der Waals surface area contributed by atoms with E-state index in [1.807, 2.05) is 0 Å². The fraction of sp³-hybridized carbons (Fsp3) is 1.00. The Balaban J connectivity index is 2.56. The molecule has 1 saturated heterocycles. The van der Waals surface area contributed by atoms with E-state index in [0.717, 1.165) is 0 Å². The summed E-state index contributed by atoms with van der Waals surface area (Å²) < 4.78 is 21.3.